The molecule has 0 saturated heterocycles. The first-order valence-corrected chi connectivity index (χ1v) is 8.18. The van der Waals surface area contributed by atoms with E-state index < -0.39 is 0 Å². The lowest BCUT2D eigenvalue weighted by atomic mass is 9.91. The van der Waals surface area contributed by atoms with Crippen LogP contribution in [0.25, 0.3) is 0 Å². The Bertz CT molecular complexity index is 371. The Morgan fingerprint density at radius 2 is 2.28 bits per heavy atom. The number of rotatable bonds is 7. The van der Waals surface area contributed by atoms with Gasteiger partial charge in [-0.3, -0.25) is 9.58 Å². The SMILES string of the molecule is CCc1cc(CN(CCCBr)C2CCC2)n(C)n1. The lowest BCUT2D eigenvalue weighted by molar-refractivity contribution is 0.117. The fourth-order valence-electron chi connectivity index (χ4n) is 2.51. The highest BCUT2D eigenvalue weighted by Crippen LogP contribution is 2.26. The number of aromatic nitrogens is 2. The van der Waals surface area contributed by atoms with E-state index in [1.807, 2.05) is 0 Å². The van der Waals surface area contributed by atoms with Crippen LogP contribution >= 0.6 is 15.9 Å². The van der Waals surface area contributed by atoms with Crippen LogP contribution in [-0.2, 0) is 20.0 Å². The number of hydrogen-bond donors (Lipinski definition) is 0. The van der Waals surface area contributed by atoms with E-state index in [2.05, 4.69) is 50.6 Å². The maximum absolute atomic E-state index is 4.55. The molecule has 1 saturated carbocycles. The number of hydrogen-bond acceptors (Lipinski definition) is 2. The lowest BCUT2D eigenvalue weighted by Crippen LogP contribution is -2.40. The molecule has 3 nitrogen and oxygen atoms in total. The predicted octanol–water partition coefficient (Wildman–Crippen LogP) is 3.12. The average Bonchev–Trinajstić information content (AvgIpc) is 2.65. The normalized spacial score (nSPS) is 16.2. The Labute approximate surface area is 119 Å². The van der Waals surface area contributed by atoms with Crippen LogP contribution in [0.4, 0.5) is 0 Å². The second kappa shape index (κ2) is 6.71. The fraction of sp³-hybridized carbons (Fsp3) is 0.786. The minimum absolute atomic E-state index is 0.809. The van der Waals surface area contributed by atoms with Crippen molar-refractivity contribution in [2.45, 2.75) is 51.6 Å². The van der Waals surface area contributed by atoms with E-state index in [4.69, 9.17) is 0 Å². The minimum atomic E-state index is 0.809. The van der Waals surface area contributed by atoms with Crippen molar-refractivity contribution >= 4 is 15.9 Å². The number of nitrogens with zero attached hydrogens (tertiary/aromatic N) is 3. The topological polar surface area (TPSA) is 21.1 Å². The van der Waals surface area contributed by atoms with Crippen LogP contribution in [-0.4, -0.2) is 32.6 Å². The first-order chi connectivity index (χ1) is 8.74. The molecule has 0 atom stereocenters. The fourth-order valence-corrected chi connectivity index (χ4v) is 2.76. The van der Waals surface area contributed by atoms with Crippen molar-refractivity contribution in [1.82, 2.24) is 14.7 Å². The summed E-state index contributed by atoms with van der Waals surface area (Å²) in [6.07, 6.45) is 6.41. The molecule has 1 heterocycles. The second-order valence-corrected chi connectivity index (χ2v) is 5.99. The van der Waals surface area contributed by atoms with Gasteiger partial charge in [-0.05, 0) is 38.3 Å². The maximum atomic E-state index is 4.55. The standard InChI is InChI=1S/C14H24BrN3/c1-3-12-10-14(17(2)16-12)11-18(9-5-8-15)13-6-4-7-13/h10,13H,3-9,11H2,1-2H3. The first-order valence-electron chi connectivity index (χ1n) is 7.06. The van der Waals surface area contributed by atoms with E-state index in [0.717, 1.165) is 24.3 Å². The van der Waals surface area contributed by atoms with Gasteiger partial charge in [0, 0.05) is 25.0 Å². The molecule has 0 aromatic carbocycles. The van der Waals surface area contributed by atoms with Crippen LogP contribution in [0, 0.1) is 0 Å². The van der Waals surface area contributed by atoms with Gasteiger partial charge < -0.3 is 0 Å². The minimum Gasteiger partial charge on any atom is -0.295 e. The van der Waals surface area contributed by atoms with Crippen LogP contribution < -0.4 is 0 Å². The van der Waals surface area contributed by atoms with Crippen molar-refractivity contribution in [3.05, 3.63) is 17.5 Å². The van der Waals surface area contributed by atoms with Crippen molar-refractivity contribution in [3.8, 4) is 0 Å². The van der Waals surface area contributed by atoms with E-state index in [1.54, 1.807) is 0 Å². The van der Waals surface area contributed by atoms with E-state index >= 15 is 0 Å². The van der Waals surface area contributed by atoms with Crippen LogP contribution in [0.5, 0.6) is 0 Å². The highest BCUT2D eigenvalue weighted by molar-refractivity contribution is 9.09. The molecule has 1 aliphatic rings. The van der Waals surface area contributed by atoms with Gasteiger partial charge in [0.1, 0.15) is 0 Å². The van der Waals surface area contributed by atoms with Gasteiger partial charge >= 0.3 is 0 Å². The molecular weight excluding hydrogens is 290 g/mol. The zero-order valence-corrected chi connectivity index (χ0v) is 13.1. The highest BCUT2D eigenvalue weighted by Gasteiger charge is 2.25. The maximum Gasteiger partial charge on any atom is 0.0625 e. The van der Waals surface area contributed by atoms with Gasteiger partial charge in [0.25, 0.3) is 0 Å². The summed E-state index contributed by atoms with van der Waals surface area (Å²) in [5.74, 6) is 0. The first kappa shape index (κ1) is 14.1. The smallest absolute Gasteiger partial charge is 0.0625 e. The zero-order chi connectivity index (χ0) is 13.0. The molecule has 0 amide bonds. The van der Waals surface area contributed by atoms with E-state index in [1.165, 1.54) is 43.6 Å². The molecule has 18 heavy (non-hydrogen) atoms. The molecule has 0 spiro atoms. The Hall–Kier alpha value is -0.350. The summed E-state index contributed by atoms with van der Waals surface area (Å²) in [6.45, 7) is 4.42. The summed E-state index contributed by atoms with van der Waals surface area (Å²) in [5.41, 5.74) is 2.56. The zero-order valence-electron chi connectivity index (χ0n) is 11.5. The van der Waals surface area contributed by atoms with Crippen LogP contribution in [0.3, 0.4) is 0 Å². The molecule has 2 rings (SSSR count). The predicted molar refractivity (Wildman–Crippen MR) is 79.0 cm³/mol. The Morgan fingerprint density at radius 3 is 2.78 bits per heavy atom. The Balaban J connectivity index is 1.99. The molecule has 0 bridgehead atoms. The molecule has 4 heteroatoms. The van der Waals surface area contributed by atoms with Crippen molar-refractivity contribution in [1.29, 1.82) is 0 Å². The number of aryl methyl sites for hydroxylation is 2. The third kappa shape index (κ3) is 3.35. The highest BCUT2D eigenvalue weighted by atomic mass is 79.9. The van der Waals surface area contributed by atoms with Crippen molar-refractivity contribution < 1.29 is 0 Å². The van der Waals surface area contributed by atoms with Crippen molar-refractivity contribution in [2.75, 3.05) is 11.9 Å². The van der Waals surface area contributed by atoms with Gasteiger partial charge in [-0.25, -0.2) is 0 Å². The average molecular weight is 314 g/mol. The summed E-state index contributed by atoms with van der Waals surface area (Å²) in [5, 5.41) is 5.65. The quantitative estimate of drug-likeness (QED) is 0.721. The molecule has 102 valence electrons. The molecule has 1 aromatic rings. The molecule has 0 N–H and O–H groups in total. The molecule has 0 aliphatic heterocycles. The second-order valence-electron chi connectivity index (χ2n) is 5.20. The molecule has 1 aromatic heterocycles. The molecule has 0 unspecified atom stereocenters. The molecule has 1 aliphatic carbocycles. The number of alkyl halides is 1. The molecule has 1 fully saturated rings. The third-order valence-electron chi connectivity index (χ3n) is 3.92. The van der Waals surface area contributed by atoms with Gasteiger partial charge in [-0.15, -0.1) is 0 Å². The monoisotopic (exact) mass is 313 g/mol. The summed E-state index contributed by atoms with van der Waals surface area (Å²) < 4.78 is 2.05. The Kier molecular flexibility index (Phi) is 5.25. The number of halogens is 1. The summed E-state index contributed by atoms with van der Waals surface area (Å²) >= 11 is 3.54. The summed E-state index contributed by atoms with van der Waals surface area (Å²) in [4.78, 5) is 2.64. The van der Waals surface area contributed by atoms with E-state index in [-0.39, 0.29) is 0 Å². The third-order valence-corrected chi connectivity index (χ3v) is 4.49. The van der Waals surface area contributed by atoms with E-state index in [0.29, 0.717) is 0 Å². The lowest BCUT2D eigenvalue weighted by Gasteiger charge is -2.37. The van der Waals surface area contributed by atoms with Gasteiger partial charge in [0.15, 0.2) is 0 Å². The molecule has 0 radical (unpaired) electrons. The van der Waals surface area contributed by atoms with Crippen LogP contribution in [0.2, 0.25) is 0 Å². The Morgan fingerprint density at radius 1 is 1.50 bits per heavy atom. The van der Waals surface area contributed by atoms with Crippen LogP contribution in [0.15, 0.2) is 6.07 Å². The van der Waals surface area contributed by atoms with Crippen LogP contribution in [0.1, 0.15) is 44.0 Å². The van der Waals surface area contributed by atoms with Gasteiger partial charge in [-0.2, -0.15) is 5.10 Å². The van der Waals surface area contributed by atoms with Crippen molar-refractivity contribution in [2.24, 2.45) is 7.05 Å². The van der Waals surface area contributed by atoms with E-state index in [9.17, 15) is 0 Å². The summed E-state index contributed by atoms with van der Waals surface area (Å²) in [6, 6.07) is 3.07. The van der Waals surface area contributed by atoms with Gasteiger partial charge in [0.2, 0.25) is 0 Å². The van der Waals surface area contributed by atoms with Gasteiger partial charge in [-0.1, -0.05) is 29.3 Å². The largest absolute Gasteiger partial charge is 0.295 e. The summed E-state index contributed by atoms with van der Waals surface area (Å²) in [7, 11) is 2.07. The van der Waals surface area contributed by atoms with Gasteiger partial charge in [0.05, 0.1) is 11.4 Å². The molecular formula is C14H24BrN3. The van der Waals surface area contributed by atoms with Crippen molar-refractivity contribution in [3.63, 3.8) is 0 Å².